The summed E-state index contributed by atoms with van der Waals surface area (Å²) in [5.41, 5.74) is 6.12. The Hall–Kier alpha value is -0.570. The van der Waals surface area contributed by atoms with Gasteiger partial charge in [0.25, 0.3) is 0 Å². The number of hydrogen-bond donors (Lipinski definition) is 1. The zero-order valence-electron chi connectivity index (χ0n) is 11.5. The molecule has 0 aromatic carbocycles. The van der Waals surface area contributed by atoms with Crippen molar-refractivity contribution in [2.24, 2.45) is 17.1 Å². The SMILES string of the molecule is CC(C)(C)CC(N)CC(=O)OCC1CCCC1. The van der Waals surface area contributed by atoms with Crippen molar-refractivity contribution in [2.75, 3.05) is 6.61 Å². The Morgan fingerprint density at radius 2 is 1.94 bits per heavy atom. The molecule has 0 amide bonds. The van der Waals surface area contributed by atoms with Crippen molar-refractivity contribution in [3.63, 3.8) is 0 Å². The van der Waals surface area contributed by atoms with Gasteiger partial charge in [0.2, 0.25) is 0 Å². The van der Waals surface area contributed by atoms with Gasteiger partial charge in [-0.3, -0.25) is 4.79 Å². The monoisotopic (exact) mass is 241 g/mol. The molecule has 1 fully saturated rings. The number of esters is 1. The van der Waals surface area contributed by atoms with E-state index < -0.39 is 0 Å². The van der Waals surface area contributed by atoms with E-state index >= 15 is 0 Å². The van der Waals surface area contributed by atoms with Gasteiger partial charge in [-0.05, 0) is 30.6 Å². The van der Waals surface area contributed by atoms with Gasteiger partial charge in [0.1, 0.15) is 0 Å². The largest absolute Gasteiger partial charge is 0.465 e. The van der Waals surface area contributed by atoms with Crippen molar-refractivity contribution in [1.29, 1.82) is 0 Å². The van der Waals surface area contributed by atoms with Crippen LogP contribution in [0.4, 0.5) is 0 Å². The molecule has 1 unspecified atom stereocenters. The molecule has 0 saturated heterocycles. The molecule has 0 aromatic rings. The maximum Gasteiger partial charge on any atom is 0.307 e. The number of carbonyl (C=O) groups is 1. The van der Waals surface area contributed by atoms with Gasteiger partial charge in [-0.1, -0.05) is 33.6 Å². The van der Waals surface area contributed by atoms with Gasteiger partial charge >= 0.3 is 5.97 Å². The first-order valence-electron chi connectivity index (χ1n) is 6.78. The normalized spacial score (nSPS) is 19.3. The summed E-state index contributed by atoms with van der Waals surface area (Å²) < 4.78 is 5.29. The molecule has 0 bridgehead atoms. The zero-order valence-corrected chi connectivity index (χ0v) is 11.5. The Kier molecular flexibility index (Phi) is 5.44. The van der Waals surface area contributed by atoms with Crippen LogP contribution in [0.25, 0.3) is 0 Å². The Bertz CT molecular complexity index is 239. The van der Waals surface area contributed by atoms with E-state index in [1.807, 2.05) is 0 Å². The fourth-order valence-electron chi connectivity index (χ4n) is 2.52. The van der Waals surface area contributed by atoms with E-state index in [1.54, 1.807) is 0 Å². The molecule has 1 rings (SSSR count). The second kappa shape index (κ2) is 6.39. The first-order valence-corrected chi connectivity index (χ1v) is 6.78. The zero-order chi connectivity index (χ0) is 12.9. The molecular weight excluding hydrogens is 214 g/mol. The quantitative estimate of drug-likeness (QED) is 0.753. The molecular formula is C14H27NO2. The van der Waals surface area contributed by atoms with Crippen LogP contribution in [0.2, 0.25) is 0 Å². The molecule has 0 aromatic heterocycles. The van der Waals surface area contributed by atoms with E-state index in [-0.39, 0.29) is 17.4 Å². The Balaban J connectivity index is 2.15. The highest BCUT2D eigenvalue weighted by Crippen LogP contribution is 2.25. The van der Waals surface area contributed by atoms with Crippen LogP contribution < -0.4 is 5.73 Å². The summed E-state index contributed by atoms with van der Waals surface area (Å²) in [6.45, 7) is 7.01. The predicted molar refractivity (Wildman–Crippen MR) is 69.6 cm³/mol. The van der Waals surface area contributed by atoms with Crippen LogP contribution >= 0.6 is 0 Å². The topological polar surface area (TPSA) is 52.3 Å². The van der Waals surface area contributed by atoms with E-state index in [4.69, 9.17) is 10.5 Å². The lowest BCUT2D eigenvalue weighted by Gasteiger charge is -2.22. The van der Waals surface area contributed by atoms with E-state index in [0.717, 1.165) is 6.42 Å². The molecule has 1 atom stereocenters. The van der Waals surface area contributed by atoms with Crippen molar-refractivity contribution in [2.45, 2.75) is 65.3 Å². The average molecular weight is 241 g/mol. The van der Waals surface area contributed by atoms with Crippen LogP contribution in [0.5, 0.6) is 0 Å². The second-order valence-electron chi connectivity index (χ2n) is 6.56. The molecule has 1 aliphatic carbocycles. The molecule has 2 N–H and O–H groups in total. The number of ether oxygens (including phenoxy) is 1. The number of nitrogens with two attached hydrogens (primary N) is 1. The van der Waals surface area contributed by atoms with Gasteiger partial charge < -0.3 is 10.5 Å². The van der Waals surface area contributed by atoms with Crippen molar-refractivity contribution < 1.29 is 9.53 Å². The van der Waals surface area contributed by atoms with Crippen LogP contribution in [0.15, 0.2) is 0 Å². The van der Waals surface area contributed by atoms with E-state index in [1.165, 1.54) is 25.7 Å². The minimum absolute atomic E-state index is 0.0777. The highest BCUT2D eigenvalue weighted by atomic mass is 16.5. The van der Waals surface area contributed by atoms with Crippen LogP contribution in [0.3, 0.4) is 0 Å². The van der Waals surface area contributed by atoms with Gasteiger partial charge in [0.05, 0.1) is 13.0 Å². The molecule has 1 aliphatic rings. The third-order valence-corrected chi connectivity index (χ3v) is 3.26. The average Bonchev–Trinajstić information content (AvgIpc) is 2.63. The van der Waals surface area contributed by atoms with Crippen LogP contribution in [0, 0.1) is 11.3 Å². The smallest absolute Gasteiger partial charge is 0.307 e. The van der Waals surface area contributed by atoms with Gasteiger partial charge in [0, 0.05) is 6.04 Å². The minimum Gasteiger partial charge on any atom is -0.465 e. The second-order valence-corrected chi connectivity index (χ2v) is 6.56. The predicted octanol–water partition coefficient (Wildman–Crippen LogP) is 2.87. The highest BCUT2D eigenvalue weighted by Gasteiger charge is 2.20. The van der Waals surface area contributed by atoms with Gasteiger partial charge in [0.15, 0.2) is 0 Å². The number of rotatable bonds is 5. The third-order valence-electron chi connectivity index (χ3n) is 3.26. The van der Waals surface area contributed by atoms with Gasteiger partial charge in [-0.2, -0.15) is 0 Å². The van der Waals surface area contributed by atoms with Gasteiger partial charge in [-0.25, -0.2) is 0 Å². The molecule has 0 heterocycles. The lowest BCUT2D eigenvalue weighted by molar-refractivity contribution is -0.145. The number of carbonyl (C=O) groups excluding carboxylic acids is 1. The first kappa shape index (κ1) is 14.5. The summed E-state index contributed by atoms with van der Waals surface area (Å²) in [4.78, 5) is 11.6. The lowest BCUT2D eigenvalue weighted by Crippen LogP contribution is -2.30. The van der Waals surface area contributed by atoms with Crippen LogP contribution in [-0.2, 0) is 9.53 Å². The van der Waals surface area contributed by atoms with Crippen molar-refractivity contribution in [3.8, 4) is 0 Å². The lowest BCUT2D eigenvalue weighted by atomic mass is 9.87. The Labute approximate surface area is 105 Å². The van der Waals surface area contributed by atoms with Crippen LogP contribution in [-0.4, -0.2) is 18.6 Å². The van der Waals surface area contributed by atoms with Crippen molar-refractivity contribution in [3.05, 3.63) is 0 Å². The summed E-state index contributed by atoms with van der Waals surface area (Å²) in [5.74, 6) is 0.464. The first-order chi connectivity index (χ1) is 7.87. The van der Waals surface area contributed by atoms with Gasteiger partial charge in [-0.15, -0.1) is 0 Å². The third kappa shape index (κ3) is 6.67. The van der Waals surface area contributed by atoms with E-state index in [0.29, 0.717) is 18.9 Å². The maximum atomic E-state index is 11.6. The van der Waals surface area contributed by atoms with Crippen molar-refractivity contribution >= 4 is 5.97 Å². The van der Waals surface area contributed by atoms with Crippen molar-refractivity contribution in [1.82, 2.24) is 0 Å². The van der Waals surface area contributed by atoms with E-state index in [2.05, 4.69) is 20.8 Å². The molecule has 3 heteroatoms. The molecule has 3 nitrogen and oxygen atoms in total. The molecule has 0 aliphatic heterocycles. The highest BCUT2D eigenvalue weighted by molar-refractivity contribution is 5.70. The van der Waals surface area contributed by atoms with Crippen LogP contribution in [0.1, 0.15) is 59.3 Å². The fourth-order valence-corrected chi connectivity index (χ4v) is 2.52. The molecule has 17 heavy (non-hydrogen) atoms. The summed E-state index contributed by atoms with van der Waals surface area (Å²) in [6, 6.07) is -0.0777. The Morgan fingerprint density at radius 3 is 2.47 bits per heavy atom. The number of hydrogen-bond acceptors (Lipinski definition) is 3. The summed E-state index contributed by atoms with van der Waals surface area (Å²) >= 11 is 0. The van der Waals surface area contributed by atoms with E-state index in [9.17, 15) is 4.79 Å². The summed E-state index contributed by atoms with van der Waals surface area (Å²) in [7, 11) is 0. The summed E-state index contributed by atoms with van der Waals surface area (Å²) in [6.07, 6.45) is 6.19. The molecule has 0 radical (unpaired) electrons. The minimum atomic E-state index is -0.131. The summed E-state index contributed by atoms with van der Waals surface area (Å²) in [5, 5.41) is 0. The molecule has 1 saturated carbocycles. The maximum absolute atomic E-state index is 11.6. The standard InChI is InChI=1S/C14H27NO2/c1-14(2,3)9-12(15)8-13(16)17-10-11-6-4-5-7-11/h11-12H,4-10,15H2,1-3H3. The fraction of sp³-hybridized carbons (Fsp3) is 0.929. The molecule has 0 spiro atoms. The Morgan fingerprint density at radius 1 is 1.35 bits per heavy atom. The molecule has 100 valence electrons.